The average molecular weight is 456 g/mol. The molecule has 0 bridgehead atoms. The third-order valence-corrected chi connectivity index (χ3v) is 5.15. The molecule has 2 heterocycles. The minimum absolute atomic E-state index is 0.314. The summed E-state index contributed by atoms with van der Waals surface area (Å²) in [5.41, 5.74) is 0.757. The first-order valence-corrected chi connectivity index (χ1v) is 10.5. The van der Waals surface area contributed by atoms with Crippen LogP contribution >= 0.6 is 0 Å². The maximum atomic E-state index is 13.1. The summed E-state index contributed by atoms with van der Waals surface area (Å²) in [6.45, 7) is 3.87. The van der Waals surface area contributed by atoms with E-state index in [-0.39, 0.29) is 5.69 Å². The number of urea groups is 1. The first-order chi connectivity index (χ1) is 15.8. The monoisotopic (exact) mass is 456 g/mol. The van der Waals surface area contributed by atoms with Crippen molar-refractivity contribution in [3.8, 4) is 0 Å². The standard InChI is InChI=1S/C23H23F3N6O/c1-15-14-20(32-12-4-5-13-32)31-21(27-15)28-16-8-10-17(11-9-16)29-22(33)30-19-7-3-2-6-18(19)23(24,25)26/h2-3,6-11,14H,4-5,12-13H2,1H3,(H,27,28,31)(H2,29,30,33). The van der Waals surface area contributed by atoms with Gasteiger partial charge in [0.1, 0.15) is 5.82 Å². The first-order valence-electron chi connectivity index (χ1n) is 10.5. The number of benzene rings is 2. The molecule has 2 amide bonds. The molecular formula is C23H23F3N6O. The molecule has 3 N–H and O–H groups in total. The van der Waals surface area contributed by atoms with Gasteiger partial charge in [0.25, 0.3) is 0 Å². The molecule has 0 radical (unpaired) electrons. The highest BCUT2D eigenvalue weighted by Gasteiger charge is 2.33. The van der Waals surface area contributed by atoms with Crippen molar-refractivity contribution in [2.75, 3.05) is 33.9 Å². The van der Waals surface area contributed by atoms with Crippen LogP contribution in [0.1, 0.15) is 24.1 Å². The number of hydrogen-bond acceptors (Lipinski definition) is 5. The molecule has 0 atom stereocenters. The zero-order valence-electron chi connectivity index (χ0n) is 17.9. The van der Waals surface area contributed by atoms with Crippen LogP contribution in [-0.2, 0) is 6.18 Å². The van der Waals surface area contributed by atoms with Gasteiger partial charge >= 0.3 is 12.2 Å². The van der Waals surface area contributed by atoms with E-state index in [9.17, 15) is 18.0 Å². The molecule has 1 aromatic heterocycles. The van der Waals surface area contributed by atoms with Crippen LogP contribution in [0.25, 0.3) is 0 Å². The van der Waals surface area contributed by atoms with Gasteiger partial charge in [-0.25, -0.2) is 9.78 Å². The van der Waals surface area contributed by atoms with E-state index < -0.39 is 17.8 Å². The topological polar surface area (TPSA) is 82.2 Å². The molecule has 172 valence electrons. The van der Waals surface area contributed by atoms with E-state index in [1.807, 2.05) is 13.0 Å². The zero-order chi connectivity index (χ0) is 23.4. The van der Waals surface area contributed by atoms with Gasteiger partial charge < -0.3 is 20.9 Å². The Bertz CT molecular complexity index is 1130. The van der Waals surface area contributed by atoms with Gasteiger partial charge in [-0.2, -0.15) is 18.2 Å². The molecular weight excluding hydrogens is 433 g/mol. The highest BCUT2D eigenvalue weighted by molar-refractivity contribution is 6.00. The summed E-state index contributed by atoms with van der Waals surface area (Å²) in [4.78, 5) is 23.4. The van der Waals surface area contributed by atoms with Crippen molar-refractivity contribution < 1.29 is 18.0 Å². The quantitative estimate of drug-likeness (QED) is 0.453. The molecule has 4 rings (SSSR count). The lowest BCUT2D eigenvalue weighted by molar-refractivity contribution is -0.136. The van der Waals surface area contributed by atoms with Crippen molar-refractivity contribution in [3.05, 3.63) is 65.9 Å². The molecule has 1 aliphatic rings. The Morgan fingerprint density at radius 3 is 2.30 bits per heavy atom. The second kappa shape index (κ2) is 9.35. The van der Waals surface area contributed by atoms with Gasteiger partial charge in [-0.05, 0) is 56.2 Å². The van der Waals surface area contributed by atoms with Crippen molar-refractivity contribution in [1.29, 1.82) is 0 Å². The van der Waals surface area contributed by atoms with Crippen molar-refractivity contribution in [2.24, 2.45) is 0 Å². The third-order valence-electron chi connectivity index (χ3n) is 5.15. The molecule has 1 aliphatic heterocycles. The fourth-order valence-electron chi connectivity index (χ4n) is 3.61. The van der Waals surface area contributed by atoms with Crippen molar-refractivity contribution in [1.82, 2.24) is 9.97 Å². The molecule has 33 heavy (non-hydrogen) atoms. The number of nitrogens with one attached hydrogen (secondary N) is 3. The van der Waals surface area contributed by atoms with E-state index in [2.05, 4.69) is 30.8 Å². The Balaban J connectivity index is 1.40. The van der Waals surface area contributed by atoms with Crippen molar-refractivity contribution >= 4 is 34.9 Å². The Kier molecular flexibility index (Phi) is 6.34. The lowest BCUT2D eigenvalue weighted by Crippen LogP contribution is -2.21. The van der Waals surface area contributed by atoms with Gasteiger partial charge in [0, 0.05) is 36.2 Å². The van der Waals surface area contributed by atoms with E-state index in [1.54, 1.807) is 24.3 Å². The highest BCUT2D eigenvalue weighted by atomic mass is 19.4. The number of anilines is 5. The van der Waals surface area contributed by atoms with Gasteiger partial charge in [0.2, 0.25) is 5.95 Å². The van der Waals surface area contributed by atoms with Crippen LogP contribution in [0.5, 0.6) is 0 Å². The lowest BCUT2D eigenvalue weighted by Gasteiger charge is -2.17. The molecule has 10 heteroatoms. The summed E-state index contributed by atoms with van der Waals surface area (Å²) in [6, 6.07) is 12.7. The largest absolute Gasteiger partial charge is 0.418 e. The Morgan fingerprint density at radius 1 is 0.939 bits per heavy atom. The van der Waals surface area contributed by atoms with E-state index in [0.717, 1.165) is 43.5 Å². The molecule has 7 nitrogen and oxygen atoms in total. The SMILES string of the molecule is Cc1cc(N2CCCC2)nc(Nc2ccc(NC(=O)Nc3ccccc3C(F)(F)F)cc2)n1. The summed E-state index contributed by atoms with van der Waals surface area (Å²) in [7, 11) is 0. The Hall–Kier alpha value is -3.82. The molecule has 1 saturated heterocycles. The van der Waals surface area contributed by atoms with Gasteiger partial charge in [0.05, 0.1) is 11.3 Å². The summed E-state index contributed by atoms with van der Waals surface area (Å²) in [6.07, 6.45) is -2.27. The second-order valence-electron chi connectivity index (χ2n) is 7.71. The maximum absolute atomic E-state index is 13.1. The number of carbonyl (C=O) groups excluding carboxylic acids is 1. The Morgan fingerprint density at radius 2 is 1.61 bits per heavy atom. The number of para-hydroxylation sites is 1. The predicted octanol–water partition coefficient (Wildman–Crippen LogP) is 5.79. The van der Waals surface area contributed by atoms with Gasteiger partial charge in [-0.3, -0.25) is 0 Å². The fourth-order valence-corrected chi connectivity index (χ4v) is 3.61. The van der Waals surface area contributed by atoms with Crippen LogP contribution in [0.3, 0.4) is 0 Å². The van der Waals surface area contributed by atoms with Gasteiger partial charge in [0.15, 0.2) is 0 Å². The molecule has 0 saturated carbocycles. The number of rotatable bonds is 5. The Labute approximate surface area is 189 Å². The van der Waals surface area contributed by atoms with Crippen LogP contribution in [0, 0.1) is 6.92 Å². The third kappa shape index (κ3) is 5.71. The van der Waals surface area contributed by atoms with Crippen molar-refractivity contribution in [2.45, 2.75) is 25.9 Å². The minimum Gasteiger partial charge on any atom is -0.356 e. The highest BCUT2D eigenvalue weighted by Crippen LogP contribution is 2.34. The number of aromatic nitrogens is 2. The van der Waals surface area contributed by atoms with Gasteiger partial charge in [-0.15, -0.1) is 0 Å². The molecule has 2 aromatic carbocycles. The maximum Gasteiger partial charge on any atom is 0.418 e. The number of hydrogen-bond donors (Lipinski definition) is 3. The number of nitrogens with zero attached hydrogens (tertiary/aromatic N) is 3. The van der Waals surface area contributed by atoms with Crippen LogP contribution in [0.4, 0.5) is 46.8 Å². The lowest BCUT2D eigenvalue weighted by atomic mass is 10.1. The van der Waals surface area contributed by atoms with Crippen LogP contribution in [0.2, 0.25) is 0 Å². The molecule has 0 unspecified atom stereocenters. The number of aryl methyl sites for hydroxylation is 1. The number of amides is 2. The van der Waals surface area contributed by atoms with Gasteiger partial charge in [-0.1, -0.05) is 12.1 Å². The molecule has 3 aromatic rings. The van der Waals surface area contributed by atoms with Crippen LogP contribution in [0.15, 0.2) is 54.6 Å². The normalized spacial score (nSPS) is 13.6. The van der Waals surface area contributed by atoms with E-state index in [4.69, 9.17) is 0 Å². The fraction of sp³-hybridized carbons (Fsp3) is 0.261. The molecule has 1 fully saturated rings. The summed E-state index contributed by atoms with van der Waals surface area (Å²) >= 11 is 0. The molecule has 0 aliphatic carbocycles. The number of alkyl halides is 3. The average Bonchev–Trinajstić information content (AvgIpc) is 3.29. The number of halogens is 3. The minimum atomic E-state index is -4.57. The summed E-state index contributed by atoms with van der Waals surface area (Å²) < 4.78 is 39.3. The summed E-state index contributed by atoms with van der Waals surface area (Å²) in [5, 5.41) is 7.93. The van der Waals surface area contributed by atoms with Crippen LogP contribution in [-0.4, -0.2) is 29.1 Å². The first kappa shape index (κ1) is 22.4. The van der Waals surface area contributed by atoms with E-state index in [0.29, 0.717) is 17.3 Å². The van der Waals surface area contributed by atoms with Crippen LogP contribution < -0.4 is 20.9 Å². The second-order valence-corrected chi connectivity index (χ2v) is 7.71. The van der Waals surface area contributed by atoms with E-state index in [1.165, 1.54) is 18.2 Å². The predicted molar refractivity (Wildman–Crippen MR) is 122 cm³/mol. The summed E-state index contributed by atoms with van der Waals surface area (Å²) in [5.74, 6) is 1.36. The van der Waals surface area contributed by atoms with Crippen molar-refractivity contribution in [3.63, 3.8) is 0 Å². The smallest absolute Gasteiger partial charge is 0.356 e. The molecule has 0 spiro atoms. The zero-order valence-corrected chi connectivity index (χ0v) is 17.9. The number of carbonyl (C=O) groups is 1. The van der Waals surface area contributed by atoms with E-state index >= 15 is 0 Å².